The number of carbonyl (C=O) groups excluding carboxylic acids is 1. The number of nitrogens with two attached hydrogens (primary N) is 1. The minimum atomic E-state index is -0.197. The summed E-state index contributed by atoms with van der Waals surface area (Å²) in [6, 6.07) is 0. The maximum absolute atomic E-state index is 10.6. The van der Waals surface area contributed by atoms with Gasteiger partial charge in [0.25, 0.3) is 0 Å². The van der Waals surface area contributed by atoms with E-state index in [0.717, 1.165) is 13.1 Å². The van der Waals surface area contributed by atoms with E-state index in [4.69, 9.17) is 5.73 Å². The van der Waals surface area contributed by atoms with Gasteiger partial charge in [0.2, 0.25) is 5.91 Å². The molecule has 3 nitrogen and oxygen atoms in total. The van der Waals surface area contributed by atoms with Crippen molar-refractivity contribution in [1.82, 2.24) is 4.90 Å². The van der Waals surface area contributed by atoms with E-state index in [9.17, 15) is 4.79 Å². The van der Waals surface area contributed by atoms with Crippen LogP contribution in [-0.4, -0.2) is 29.4 Å². The lowest BCUT2D eigenvalue weighted by Gasteiger charge is -2.30. The minimum Gasteiger partial charge on any atom is -0.370 e. The highest BCUT2D eigenvalue weighted by Gasteiger charge is 2.31. The summed E-state index contributed by atoms with van der Waals surface area (Å²) in [7, 11) is 0. The van der Waals surface area contributed by atoms with Gasteiger partial charge in [-0.3, -0.25) is 9.69 Å². The highest BCUT2D eigenvalue weighted by molar-refractivity contribution is 5.73. The minimum absolute atomic E-state index is 0.197. The van der Waals surface area contributed by atoms with Crippen LogP contribution in [0.5, 0.6) is 0 Å². The lowest BCUT2D eigenvalue weighted by molar-refractivity contribution is -0.118. The summed E-state index contributed by atoms with van der Waals surface area (Å²) in [5.41, 5.74) is 5.37. The standard InChI is InChI=1S/C9H18N2O/c1-9(2)5-3-6-11(9)7-4-8(10)12/h3-7H2,1-2H3,(H2,10,12). The van der Waals surface area contributed by atoms with E-state index in [2.05, 4.69) is 18.7 Å². The fourth-order valence-electron chi connectivity index (χ4n) is 1.82. The highest BCUT2D eigenvalue weighted by Crippen LogP contribution is 2.27. The molecule has 3 heteroatoms. The Morgan fingerprint density at radius 2 is 2.25 bits per heavy atom. The van der Waals surface area contributed by atoms with Crippen LogP contribution in [0, 0.1) is 0 Å². The van der Waals surface area contributed by atoms with E-state index in [0.29, 0.717) is 6.42 Å². The first-order valence-electron chi connectivity index (χ1n) is 4.56. The van der Waals surface area contributed by atoms with Crippen LogP contribution in [0.1, 0.15) is 33.1 Å². The van der Waals surface area contributed by atoms with Crippen molar-refractivity contribution < 1.29 is 4.79 Å². The van der Waals surface area contributed by atoms with E-state index in [-0.39, 0.29) is 11.4 Å². The first-order valence-corrected chi connectivity index (χ1v) is 4.56. The number of amides is 1. The predicted molar refractivity (Wildman–Crippen MR) is 48.7 cm³/mol. The molecular formula is C9H18N2O. The number of nitrogens with zero attached hydrogens (tertiary/aromatic N) is 1. The molecule has 0 radical (unpaired) electrons. The van der Waals surface area contributed by atoms with Gasteiger partial charge in [-0.15, -0.1) is 0 Å². The summed E-state index contributed by atoms with van der Waals surface area (Å²) in [4.78, 5) is 12.9. The summed E-state index contributed by atoms with van der Waals surface area (Å²) in [5, 5.41) is 0. The van der Waals surface area contributed by atoms with Crippen LogP contribution in [0.15, 0.2) is 0 Å². The maximum Gasteiger partial charge on any atom is 0.218 e. The molecule has 12 heavy (non-hydrogen) atoms. The summed E-state index contributed by atoms with van der Waals surface area (Å²) in [5.74, 6) is -0.197. The molecule has 0 spiro atoms. The molecule has 2 N–H and O–H groups in total. The van der Waals surface area contributed by atoms with Crippen molar-refractivity contribution in [3.8, 4) is 0 Å². The van der Waals surface area contributed by atoms with Crippen LogP contribution in [0.25, 0.3) is 0 Å². The molecule has 0 aromatic heterocycles. The molecule has 1 rings (SSSR count). The molecule has 1 fully saturated rings. The SMILES string of the molecule is CC1(C)CCCN1CCC(N)=O. The molecule has 70 valence electrons. The Kier molecular flexibility index (Phi) is 2.73. The van der Waals surface area contributed by atoms with Crippen LogP contribution in [-0.2, 0) is 4.79 Å². The van der Waals surface area contributed by atoms with Crippen molar-refractivity contribution in [3.05, 3.63) is 0 Å². The van der Waals surface area contributed by atoms with Crippen molar-refractivity contribution in [3.63, 3.8) is 0 Å². The first-order chi connectivity index (χ1) is 5.52. The Morgan fingerprint density at radius 3 is 2.67 bits per heavy atom. The average Bonchev–Trinajstić information content (AvgIpc) is 2.25. The van der Waals surface area contributed by atoms with Crippen molar-refractivity contribution in [2.75, 3.05) is 13.1 Å². The summed E-state index contributed by atoms with van der Waals surface area (Å²) < 4.78 is 0. The number of likely N-dealkylation sites (tertiary alicyclic amines) is 1. The van der Waals surface area contributed by atoms with Gasteiger partial charge in [0.1, 0.15) is 0 Å². The molecule has 0 aromatic carbocycles. The number of primary amides is 1. The second kappa shape index (κ2) is 3.44. The molecule has 0 saturated carbocycles. The molecule has 0 atom stereocenters. The Labute approximate surface area is 73.9 Å². The highest BCUT2D eigenvalue weighted by atomic mass is 16.1. The van der Waals surface area contributed by atoms with Crippen molar-refractivity contribution in [2.24, 2.45) is 5.73 Å². The second-order valence-electron chi connectivity index (χ2n) is 4.12. The van der Waals surface area contributed by atoms with Crippen LogP contribution in [0.3, 0.4) is 0 Å². The van der Waals surface area contributed by atoms with E-state index >= 15 is 0 Å². The third kappa shape index (κ3) is 2.21. The Hall–Kier alpha value is -0.570. The third-order valence-electron chi connectivity index (χ3n) is 2.70. The van der Waals surface area contributed by atoms with E-state index in [1.54, 1.807) is 0 Å². The smallest absolute Gasteiger partial charge is 0.218 e. The molecule has 1 aliphatic heterocycles. The largest absolute Gasteiger partial charge is 0.370 e. The molecular weight excluding hydrogens is 152 g/mol. The monoisotopic (exact) mass is 170 g/mol. The van der Waals surface area contributed by atoms with Gasteiger partial charge in [-0.2, -0.15) is 0 Å². The van der Waals surface area contributed by atoms with Gasteiger partial charge in [-0.1, -0.05) is 0 Å². The summed E-state index contributed by atoms with van der Waals surface area (Å²) >= 11 is 0. The molecule has 0 aromatic rings. The van der Waals surface area contributed by atoms with Gasteiger partial charge in [0.05, 0.1) is 0 Å². The van der Waals surface area contributed by atoms with Gasteiger partial charge in [0, 0.05) is 18.5 Å². The molecule has 1 aliphatic rings. The van der Waals surface area contributed by atoms with Crippen molar-refractivity contribution >= 4 is 5.91 Å². The number of hydrogen-bond donors (Lipinski definition) is 1. The lowest BCUT2D eigenvalue weighted by Crippen LogP contribution is -2.39. The zero-order valence-electron chi connectivity index (χ0n) is 7.97. The van der Waals surface area contributed by atoms with Crippen LogP contribution in [0.2, 0.25) is 0 Å². The summed E-state index contributed by atoms with van der Waals surface area (Å²) in [6.45, 7) is 6.38. The summed E-state index contributed by atoms with van der Waals surface area (Å²) in [6.07, 6.45) is 2.96. The molecule has 1 saturated heterocycles. The molecule has 0 bridgehead atoms. The molecule has 0 aliphatic carbocycles. The zero-order valence-corrected chi connectivity index (χ0v) is 7.97. The lowest BCUT2D eigenvalue weighted by atomic mass is 10.0. The fourth-order valence-corrected chi connectivity index (χ4v) is 1.82. The van der Waals surface area contributed by atoms with Gasteiger partial charge >= 0.3 is 0 Å². The number of carbonyl (C=O) groups is 1. The number of hydrogen-bond acceptors (Lipinski definition) is 2. The maximum atomic E-state index is 10.6. The van der Waals surface area contributed by atoms with Crippen LogP contribution >= 0.6 is 0 Å². The van der Waals surface area contributed by atoms with Gasteiger partial charge < -0.3 is 5.73 Å². The van der Waals surface area contributed by atoms with Gasteiger partial charge in [0.15, 0.2) is 0 Å². The predicted octanol–water partition coefficient (Wildman–Crippen LogP) is 0.736. The quantitative estimate of drug-likeness (QED) is 0.679. The first kappa shape index (κ1) is 9.52. The second-order valence-corrected chi connectivity index (χ2v) is 4.12. The van der Waals surface area contributed by atoms with E-state index < -0.39 is 0 Å². The normalized spacial score (nSPS) is 22.8. The topological polar surface area (TPSA) is 46.3 Å². The van der Waals surface area contributed by atoms with Crippen LogP contribution < -0.4 is 5.73 Å². The molecule has 1 amide bonds. The third-order valence-corrected chi connectivity index (χ3v) is 2.70. The average molecular weight is 170 g/mol. The van der Waals surface area contributed by atoms with Crippen molar-refractivity contribution in [2.45, 2.75) is 38.6 Å². The van der Waals surface area contributed by atoms with E-state index in [1.807, 2.05) is 0 Å². The van der Waals surface area contributed by atoms with Gasteiger partial charge in [-0.25, -0.2) is 0 Å². The van der Waals surface area contributed by atoms with E-state index in [1.165, 1.54) is 12.8 Å². The zero-order chi connectivity index (χ0) is 9.19. The Morgan fingerprint density at radius 1 is 1.58 bits per heavy atom. The van der Waals surface area contributed by atoms with Crippen molar-refractivity contribution in [1.29, 1.82) is 0 Å². The Balaban J connectivity index is 2.36. The van der Waals surface area contributed by atoms with Crippen LogP contribution in [0.4, 0.5) is 0 Å². The van der Waals surface area contributed by atoms with Gasteiger partial charge in [-0.05, 0) is 33.2 Å². The Bertz CT molecular complexity index is 177. The molecule has 0 unspecified atom stereocenters. The fraction of sp³-hybridized carbons (Fsp3) is 0.889. The number of rotatable bonds is 3. The molecule has 1 heterocycles.